The van der Waals surface area contributed by atoms with Crippen molar-refractivity contribution < 1.29 is 4.79 Å². The molecule has 31 heavy (non-hydrogen) atoms. The fourth-order valence-corrected chi connectivity index (χ4v) is 5.50. The van der Waals surface area contributed by atoms with Crippen LogP contribution in [0.4, 0.5) is 0 Å². The Balaban J connectivity index is 1.34. The van der Waals surface area contributed by atoms with Crippen molar-refractivity contribution in [2.24, 2.45) is 0 Å². The Hall–Kier alpha value is -2.32. The van der Waals surface area contributed by atoms with Gasteiger partial charge in [0.25, 0.3) is 5.91 Å². The lowest BCUT2D eigenvalue weighted by Crippen LogP contribution is -2.53. The van der Waals surface area contributed by atoms with E-state index in [1.54, 1.807) is 0 Å². The summed E-state index contributed by atoms with van der Waals surface area (Å²) in [5.41, 5.74) is 2.27. The number of H-pyrrole nitrogens is 1. The molecule has 0 aliphatic carbocycles. The Morgan fingerprint density at radius 3 is 2.68 bits per heavy atom. The van der Waals surface area contributed by atoms with Crippen molar-refractivity contribution in [3.8, 4) is 0 Å². The summed E-state index contributed by atoms with van der Waals surface area (Å²) in [4.78, 5) is 20.5. The Kier molecular flexibility index (Phi) is 6.67. The van der Waals surface area contributed by atoms with Gasteiger partial charge in [0.2, 0.25) is 0 Å². The fourth-order valence-electron chi connectivity index (χ4n) is 4.88. The molecular formula is C23H32N6OS. The van der Waals surface area contributed by atoms with Gasteiger partial charge in [0, 0.05) is 48.3 Å². The van der Waals surface area contributed by atoms with E-state index in [2.05, 4.69) is 41.3 Å². The van der Waals surface area contributed by atoms with E-state index in [-0.39, 0.29) is 17.0 Å². The first-order chi connectivity index (χ1) is 15.0. The van der Waals surface area contributed by atoms with Gasteiger partial charge in [-0.1, -0.05) is 31.5 Å². The van der Waals surface area contributed by atoms with Crippen molar-refractivity contribution in [3.63, 3.8) is 0 Å². The van der Waals surface area contributed by atoms with Crippen molar-refractivity contribution in [2.45, 2.75) is 57.2 Å². The average molecular weight is 441 g/mol. The molecule has 8 heteroatoms. The van der Waals surface area contributed by atoms with Gasteiger partial charge in [-0.15, -0.1) is 0 Å². The summed E-state index contributed by atoms with van der Waals surface area (Å²) in [7, 11) is 2.16. The summed E-state index contributed by atoms with van der Waals surface area (Å²) in [6.07, 6.45) is 6.87. The molecule has 4 rings (SSSR count). The van der Waals surface area contributed by atoms with Crippen molar-refractivity contribution in [2.75, 3.05) is 20.1 Å². The molecule has 0 spiro atoms. The van der Waals surface area contributed by atoms with Gasteiger partial charge >= 0.3 is 0 Å². The Morgan fingerprint density at radius 1 is 1.26 bits per heavy atom. The number of piperazine rings is 1. The maximum atomic E-state index is 12.7. The number of carbonyl (C=O) groups excluding carboxylic acids is 1. The van der Waals surface area contributed by atoms with Crippen molar-refractivity contribution >= 4 is 38.8 Å². The molecular weight excluding hydrogens is 408 g/mol. The number of hydrogen-bond acceptors (Lipinski definition) is 5. The summed E-state index contributed by atoms with van der Waals surface area (Å²) in [5, 5.41) is 21.1. The third-order valence-corrected chi connectivity index (χ3v) is 7.49. The minimum Gasteiger partial charge on any atom is -0.361 e. The lowest BCUT2D eigenvalue weighted by atomic mass is 10.0. The second-order valence-electron chi connectivity index (χ2n) is 8.71. The molecule has 2 fully saturated rings. The zero-order valence-electron chi connectivity index (χ0n) is 18.3. The first-order valence-electron chi connectivity index (χ1n) is 11.1. The number of fused-ring (bicyclic) bond motifs is 3. The molecule has 0 saturated carbocycles. The van der Waals surface area contributed by atoms with E-state index in [9.17, 15) is 4.79 Å². The molecule has 3 atom stereocenters. The molecule has 2 aliphatic heterocycles. The number of amides is 1. The third kappa shape index (κ3) is 4.80. The molecule has 1 aromatic carbocycles. The molecule has 1 amide bonds. The van der Waals surface area contributed by atoms with E-state index in [0.717, 1.165) is 49.6 Å². The van der Waals surface area contributed by atoms with E-state index in [1.165, 1.54) is 23.8 Å². The zero-order valence-corrected chi connectivity index (χ0v) is 19.1. The number of likely N-dealkylation sites (tertiary alicyclic amines) is 1. The van der Waals surface area contributed by atoms with E-state index in [0.29, 0.717) is 17.3 Å². The quantitative estimate of drug-likeness (QED) is 0.423. The maximum absolute atomic E-state index is 12.7. The molecule has 4 N–H and O–H groups in total. The second kappa shape index (κ2) is 9.44. The maximum Gasteiger partial charge on any atom is 0.276 e. The highest BCUT2D eigenvalue weighted by molar-refractivity contribution is 8.27. The van der Waals surface area contributed by atoms with Crippen molar-refractivity contribution in [3.05, 3.63) is 36.0 Å². The number of likely N-dealkylation sites (N-methyl/N-ethyl adjacent to an activating group) is 1. The number of nitrogens with one attached hydrogen (secondary N) is 4. The lowest BCUT2D eigenvalue weighted by molar-refractivity contribution is -0.115. The first-order valence-corrected chi connectivity index (χ1v) is 12.0. The predicted molar refractivity (Wildman–Crippen MR) is 128 cm³/mol. The molecule has 3 unspecified atom stereocenters. The highest BCUT2D eigenvalue weighted by Gasteiger charge is 2.38. The molecule has 2 saturated heterocycles. The number of para-hydroxylation sites is 1. The molecule has 166 valence electrons. The van der Waals surface area contributed by atoms with Crippen LogP contribution in [0.5, 0.6) is 0 Å². The van der Waals surface area contributed by atoms with Gasteiger partial charge in [-0.3, -0.25) is 20.5 Å². The summed E-state index contributed by atoms with van der Waals surface area (Å²) >= 11 is 0.974. The number of nitrogens with zero attached hydrogens (tertiary/aromatic N) is 2. The number of rotatable bonds is 5. The van der Waals surface area contributed by atoms with Gasteiger partial charge < -0.3 is 15.2 Å². The lowest BCUT2D eigenvalue weighted by Gasteiger charge is -2.39. The van der Waals surface area contributed by atoms with Gasteiger partial charge in [-0.25, -0.2) is 0 Å². The van der Waals surface area contributed by atoms with Gasteiger partial charge in [0.05, 0.1) is 0 Å². The van der Waals surface area contributed by atoms with E-state index in [1.807, 2.05) is 23.2 Å². The number of thioether (sulfide) groups is 1. The number of amidine groups is 1. The van der Waals surface area contributed by atoms with Crippen LogP contribution in [-0.2, 0) is 11.2 Å². The highest BCUT2D eigenvalue weighted by atomic mass is 32.2. The SMILES string of the molecule is CCCC(Cc1c[nH]c2ccccc12)NC(=O)C(=N)SC(=N)N1CC2CCC(C1)N2C. The van der Waals surface area contributed by atoms with Crippen LogP contribution >= 0.6 is 11.8 Å². The highest BCUT2D eigenvalue weighted by Crippen LogP contribution is 2.29. The Labute approximate surface area is 188 Å². The number of carbonyl (C=O) groups is 1. The van der Waals surface area contributed by atoms with Crippen LogP contribution in [0.2, 0.25) is 0 Å². The van der Waals surface area contributed by atoms with Gasteiger partial charge in [0.15, 0.2) is 10.2 Å². The smallest absolute Gasteiger partial charge is 0.276 e. The first kappa shape index (κ1) is 21.9. The van der Waals surface area contributed by atoms with E-state index >= 15 is 0 Å². The Bertz CT molecular complexity index is 958. The molecule has 2 aliphatic rings. The Morgan fingerprint density at radius 2 is 1.97 bits per heavy atom. The molecule has 3 heterocycles. The van der Waals surface area contributed by atoms with Crippen LogP contribution in [0, 0.1) is 10.8 Å². The minimum atomic E-state index is -0.384. The van der Waals surface area contributed by atoms with Crippen LogP contribution in [0.3, 0.4) is 0 Å². The average Bonchev–Trinajstić information content (AvgIpc) is 3.22. The van der Waals surface area contributed by atoms with Gasteiger partial charge in [-0.2, -0.15) is 0 Å². The summed E-state index contributed by atoms with van der Waals surface area (Å²) < 4.78 is 0. The normalized spacial score (nSPS) is 21.9. The standard InChI is InChI=1S/C23H32N6OS/c1-3-6-16(11-15-12-26-20-8-5-4-7-19(15)20)27-22(30)21(24)31-23(25)29-13-17-9-10-18(14-29)28(17)2/h4-5,7-8,12,16-18,24-26H,3,6,9-11,13-14H2,1-2H3,(H,27,30). The van der Waals surface area contributed by atoms with E-state index < -0.39 is 0 Å². The number of aromatic nitrogens is 1. The summed E-state index contributed by atoms with van der Waals surface area (Å²) in [5.74, 6) is -0.384. The topological polar surface area (TPSA) is 99.1 Å². The fraction of sp³-hybridized carbons (Fsp3) is 0.522. The largest absolute Gasteiger partial charge is 0.361 e. The molecule has 0 radical (unpaired) electrons. The van der Waals surface area contributed by atoms with Crippen LogP contribution in [0.1, 0.15) is 38.2 Å². The zero-order chi connectivity index (χ0) is 22.0. The van der Waals surface area contributed by atoms with Crippen LogP contribution in [-0.4, -0.2) is 69.2 Å². The second-order valence-corrected chi connectivity index (χ2v) is 9.71. The molecule has 7 nitrogen and oxygen atoms in total. The van der Waals surface area contributed by atoms with Gasteiger partial charge in [0.1, 0.15) is 0 Å². The molecule has 1 aromatic heterocycles. The van der Waals surface area contributed by atoms with E-state index in [4.69, 9.17) is 10.8 Å². The van der Waals surface area contributed by atoms with Crippen LogP contribution in [0.25, 0.3) is 10.9 Å². The third-order valence-electron chi connectivity index (χ3n) is 6.65. The minimum absolute atomic E-state index is 0.0358. The number of benzene rings is 1. The summed E-state index contributed by atoms with van der Waals surface area (Å²) in [6, 6.07) is 9.10. The summed E-state index contributed by atoms with van der Waals surface area (Å²) in [6.45, 7) is 3.73. The predicted octanol–water partition coefficient (Wildman–Crippen LogP) is 3.42. The molecule has 2 bridgehead atoms. The number of hydrogen-bond donors (Lipinski definition) is 4. The van der Waals surface area contributed by atoms with Crippen molar-refractivity contribution in [1.82, 2.24) is 20.1 Å². The monoisotopic (exact) mass is 440 g/mol. The van der Waals surface area contributed by atoms with Gasteiger partial charge in [-0.05, 0) is 56.1 Å². The van der Waals surface area contributed by atoms with Crippen LogP contribution in [0.15, 0.2) is 30.5 Å². The number of aromatic amines is 1. The molecule has 2 aromatic rings. The van der Waals surface area contributed by atoms with Crippen molar-refractivity contribution in [1.29, 1.82) is 10.8 Å². The van der Waals surface area contributed by atoms with Crippen LogP contribution < -0.4 is 5.32 Å².